The zero-order valence-corrected chi connectivity index (χ0v) is 11.9. The minimum absolute atomic E-state index is 0.0110. The summed E-state index contributed by atoms with van der Waals surface area (Å²) in [4.78, 5) is -0.0110. The Kier molecular flexibility index (Phi) is 4.02. The molecule has 0 amide bonds. The van der Waals surface area contributed by atoms with Crippen molar-refractivity contribution in [3.8, 4) is 0 Å². The van der Waals surface area contributed by atoms with Gasteiger partial charge in [0.25, 0.3) is 0 Å². The largest absolute Gasteiger partial charge is 0.396 e. The Hall–Kier alpha value is -1.14. The molecule has 0 radical (unpaired) electrons. The summed E-state index contributed by atoms with van der Waals surface area (Å²) >= 11 is 0. The molecular formula is C12H19FN2O2S. The second kappa shape index (κ2) is 4.85. The van der Waals surface area contributed by atoms with Crippen LogP contribution in [-0.4, -0.2) is 15.0 Å². The second-order valence-corrected chi connectivity index (χ2v) is 7.30. The summed E-state index contributed by atoms with van der Waals surface area (Å²) in [5.41, 5.74) is 5.31. The van der Waals surface area contributed by atoms with Gasteiger partial charge in [-0.05, 0) is 30.0 Å². The molecule has 0 saturated heterocycles. The molecule has 0 unspecified atom stereocenters. The van der Waals surface area contributed by atoms with Crippen molar-refractivity contribution in [2.75, 3.05) is 12.3 Å². The Morgan fingerprint density at radius 1 is 1.33 bits per heavy atom. The predicted molar refractivity (Wildman–Crippen MR) is 70.2 cm³/mol. The summed E-state index contributed by atoms with van der Waals surface area (Å²) in [6.45, 7) is 7.53. The minimum Gasteiger partial charge on any atom is -0.396 e. The van der Waals surface area contributed by atoms with Crippen molar-refractivity contribution in [3.05, 3.63) is 23.5 Å². The molecule has 0 aliphatic heterocycles. The molecule has 3 N–H and O–H groups in total. The molecule has 0 fully saturated rings. The molecule has 0 aliphatic carbocycles. The van der Waals surface area contributed by atoms with Crippen molar-refractivity contribution in [3.63, 3.8) is 0 Å². The monoisotopic (exact) mass is 274 g/mol. The van der Waals surface area contributed by atoms with Crippen LogP contribution in [0.15, 0.2) is 17.0 Å². The van der Waals surface area contributed by atoms with Crippen LogP contribution in [0.5, 0.6) is 0 Å². The average Bonchev–Trinajstić information content (AvgIpc) is 2.21. The van der Waals surface area contributed by atoms with E-state index in [2.05, 4.69) is 4.72 Å². The molecule has 1 rings (SSSR count). The third-order valence-corrected chi connectivity index (χ3v) is 3.74. The highest BCUT2D eigenvalue weighted by Gasteiger charge is 2.20. The van der Waals surface area contributed by atoms with Crippen molar-refractivity contribution in [1.29, 1.82) is 0 Å². The first-order valence-electron chi connectivity index (χ1n) is 5.58. The van der Waals surface area contributed by atoms with E-state index in [1.807, 2.05) is 20.8 Å². The molecule has 0 aliphatic rings. The summed E-state index contributed by atoms with van der Waals surface area (Å²) in [6.07, 6.45) is 0. The van der Waals surface area contributed by atoms with Gasteiger partial charge in [-0.3, -0.25) is 0 Å². The first-order chi connectivity index (χ1) is 8.03. The van der Waals surface area contributed by atoms with Gasteiger partial charge in [-0.15, -0.1) is 0 Å². The van der Waals surface area contributed by atoms with Crippen molar-refractivity contribution >= 4 is 15.7 Å². The van der Waals surface area contributed by atoms with Crippen LogP contribution in [0.4, 0.5) is 10.1 Å². The standard InChI is InChI=1S/C12H19FN2O2S/c1-8-5-9(6-10(14)11(8)13)18(16,17)15-7-12(2,3)4/h5-6,15H,7,14H2,1-4H3. The number of nitrogen functional groups attached to an aromatic ring is 1. The van der Waals surface area contributed by atoms with E-state index in [1.54, 1.807) is 0 Å². The average molecular weight is 274 g/mol. The van der Waals surface area contributed by atoms with Crippen LogP contribution in [0, 0.1) is 18.2 Å². The second-order valence-electron chi connectivity index (χ2n) is 5.53. The van der Waals surface area contributed by atoms with E-state index in [9.17, 15) is 12.8 Å². The van der Waals surface area contributed by atoms with Gasteiger partial charge in [0.05, 0.1) is 10.6 Å². The molecule has 0 atom stereocenters. The Labute approximate surface area is 107 Å². The summed E-state index contributed by atoms with van der Waals surface area (Å²) in [5, 5.41) is 0. The highest BCUT2D eigenvalue weighted by molar-refractivity contribution is 7.89. The molecule has 0 heterocycles. The topological polar surface area (TPSA) is 72.2 Å². The fourth-order valence-electron chi connectivity index (χ4n) is 1.31. The zero-order valence-electron chi connectivity index (χ0n) is 11.0. The SMILES string of the molecule is Cc1cc(S(=O)(=O)NCC(C)(C)C)cc(N)c1F. The van der Waals surface area contributed by atoms with Gasteiger partial charge >= 0.3 is 0 Å². The van der Waals surface area contributed by atoms with Crippen molar-refractivity contribution in [2.45, 2.75) is 32.6 Å². The number of anilines is 1. The molecular weight excluding hydrogens is 255 g/mol. The number of hydrogen-bond acceptors (Lipinski definition) is 3. The lowest BCUT2D eigenvalue weighted by molar-refractivity contribution is 0.407. The van der Waals surface area contributed by atoms with Crippen LogP contribution in [0.3, 0.4) is 0 Å². The van der Waals surface area contributed by atoms with Gasteiger partial charge in [0, 0.05) is 6.54 Å². The maximum absolute atomic E-state index is 13.3. The maximum atomic E-state index is 13.3. The molecule has 6 heteroatoms. The number of aryl methyl sites for hydroxylation is 1. The third-order valence-electron chi connectivity index (χ3n) is 2.36. The summed E-state index contributed by atoms with van der Waals surface area (Å²) in [6, 6.07) is 2.41. The predicted octanol–water partition coefficient (Wildman–Crippen LogP) is 2.04. The summed E-state index contributed by atoms with van der Waals surface area (Å²) < 4.78 is 39.8. The van der Waals surface area contributed by atoms with Crippen LogP contribution in [0.25, 0.3) is 0 Å². The van der Waals surface area contributed by atoms with Gasteiger partial charge in [0.1, 0.15) is 5.82 Å². The van der Waals surface area contributed by atoms with Crippen LogP contribution in [0.1, 0.15) is 26.3 Å². The first-order valence-corrected chi connectivity index (χ1v) is 7.06. The lowest BCUT2D eigenvalue weighted by Gasteiger charge is -2.19. The molecule has 0 saturated carbocycles. The van der Waals surface area contributed by atoms with Crippen molar-refractivity contribution < 1.29 is 12.8 Å². The summed E-state index contributed by atoms with van der Waals surface area (Å²) in [7, 11) is -3.65. The van der Waals surface area contributed by atoms with Crippen LogP contribution in [-0.2, 0) is 10.0 Å². The number of rotatable bonds is 3. The minimum atomic E-state index is -3.65. The van der Waals surface area contributed by atoms with Crippen molar-refractivity contribution in [1.82, 2.24) is 4.72 Å². The Morgan fingerprint density at radius 2 is 1.89 bits per heavy atom. The van der Waals surface area contributed by atoms with E-state index in [0.29, 0.717) is 6.54 Å². The normalized spacial score (nSPS) is 12.7. The first kappa shape index (κ1) is 14.9. The fraction of sp³-hybridized carbons (Fsp3) is 0.500. The van der Waals surface area contributed by atoms with E-state index >= 15 is 0 Å². The van der Waals surface area contributed by atoms with Crippen LogP contribution < -0.4 is 10.5 Å². The number of benzene rings is 1. The van der Waals surface area contributed by atoms with Gasteiger partial charge in [-0.25, -0.2) is 17.5 Å². The molecule has 1 aromatic carbocycles. The highest BCUT2D eigenvalue weighted by Crippen LogP contribution is 2.21. The molecule has 1 aromatic rings. The zero-order chi connectivity index (χ0) is 14.1. The van der Waals surface area contributed by atoms with Gasteiger partial charge < -0.3 is 5.73 Å². The number of nitrogens with two attached hydrogens (primary N) is 1. The number of nitrogens with one attached hydrogen (secondary N) is 1. The van der Waals surface area contributed by atoms with Crippen LogP contribution >= 0.6 is 0 Å². The maximum Gasteiger partial charge on any atom is 0.240 e. The molecule has 102 valence electrons. The van der Waals surface area contributed by atoms with Gasteiger partial charge in [-0.1, -0.05) is 20.8 Å². The van der Waals surface area contributed by atoms with Crippen LogP contribution in [0.2, 0.25) is 0 Å². The smallest absolute Gasteiger partial charge is 0.240 e. The quantitative estimate of drug-likeness (QED) is 0.828. The molecule has 0 spiro atoms. The van der Waals surface area contributed by atoms with Gasteiger partial charge in [0.2, 0.25) is 10.0 Å². The van der Waals surface area contributed by atoms with Crippen molar-refractivity contribution in [2.24, 2.45) is 5.41 Å². The van der Waals surface area contributed by atoms with E-state index in [0.717, 1.165) is 6.07 Å². The lowest BCUT2D eigenvalue weighted by Crippen LogP contribution is -2.32. The number of hydrogen-bond donors (Lipinski definition) is 2. The van der Waals surface area contributed by atoms with E-state index in [-0.39, 0.29) is 21.6 Å². The molecule has 4 nitrogen and oxygen atoms in total. The van der Waals surface area contributed by atoms with Gasteiger partial charge in [0.15, 0.2) is 0 Å². The summed E-state index contributed by atoms with van der Waals surface area (Å²) in [5.74, 6) is -0.579. The molecule has 18 heavy (non-hydrogen) atoms. The molecule has 0 bridgehead atoms. The van der Waals surface area contributed by atoms with Gasteiger partial charge in [-0.2, -0.15) is 0 Å². The number of sulfonamides is 1. The highest BCUT2D eigenvalue weighted by atomic mass is 32.2. The van der Waals surface area contributed by atoms with E-state index in [1.165, 1.54) is 13.0 Å². The third kappa shape index (κ3) is 3.68. The Morgan fingerprint density at radius 3 is 2.33 bits per heavy atom. The fourth-order valence-corrected chi connectivity index (χ4v) is 2.72. The van der Waals surface area contributed by atoms with E-state index in [4.69, 9.17) is 5.73 Å². The number of halogens is 1. The van der Waals surface area contributed by atoms with E-state index < -0.39 is 15.8 Å². The molecule has 0 aromatic heterocycles. The lowest BCUT2D eigenvalue weighted by atomic mass is 9.98. The Balaban J connectivity index is 3.07. The Bertz CT molecular complexity index is 525.